The predicted molar refractivity (Wildman–Crippen MR) is 115 cm³/mol. The molecule has 1 amide bonds. The average Bonchev–Trinajstić information content (AvgIpc) is 2.95. The molecule has 0 atom stereocenters. The van der Waals surface area contributed by atoms with Crippen molar-refractivity contribution in [3.05, 3.63) is 50.5 Å². The number of piperidine rings is 1. The molecule has 1 N–H and O–H groups in total. The van der Waals surface area contributed by atoms with E-state index < -0.39 is 0 Å². The van der Waals surface area contributed by atoms with Crippen LogP contribution in [0.4, 0.5) is 5.13 Å². The summed E-state index contributed by atoms with van der Waals surface area (Å²) in [5.41, 5.74) is 1.73. The van der Waals surface area contributed by atoms with Crippen molar-refractivity contribution >= 4 is 51.7 Å². The lowest BCUT2D eigenvalue weighted by Gasteiger charge is -2.29. The van der Waals surface area contributed by atoms with Gasteiger partial charge in [-0.3, -0.25) is 15.0 Å². The summed E-state index contributed by atoms with van der Waals surface area (Å²) < 4.78 is 0. The van der Waals surface area contributed by atoms with Crippen molar-refractivity contribution in [1.29, 1.82) is 0 Å². The van der Waals surface area contributed by atoms with Crippen molar-refractivity contribution in [2.75, 3.05) is 18.4 Å². The van der Waals surface area contributed by atoms with Gasteiger partial charge in [0.1, 0.15) is 0 Å². The zero-order chi connectivity index (χ0) is 19.4. The van der Waals surface area contributed by atoms with Crippen molar-refractivity contribution in [3.8, 4) is 0 Å². The molecule has 1 aliphatic rings. The summed E-state index contributed by atoms with van der Waals surface area (Å²) in [6, 6.07) is 5.17. The quantitative estimate of drug-likeness (QED) is 0.632. The van der Waals surface area contributed by atoms with E-state index in [4.69, 9.17) is 23.2 Å². The van der Waals surface area contributed by atoms with Gasteiger partial charge in [-0.2, -0.15) is 0 Å². The maximum atomic E-state index is 12.2. The molecule has 1 aromatic carbocycles. The van der Waals surface area contributed by atoms with Gasteiger partial charge in [0.05, 0.1) is 5.69 Å². The molecule has 0 radical (unpaired) electrons. The molecule has 4 nitrogen and oxygen atoms in total. The molecule has 1 aromatic heterocycles. The third-order valence-electron chi connectivity index (χ3n) is 4.74. The first kappa shape index (κ1) is 20.3. The van der Waals surface area contributed by atoms with Crippen molar-refractivity contribution in [2.24, 2.45) is 5.92 Å². The number of nitrogens with zero attached hydrogens (tertiary/aromatic N) is 2. The number of nitrogens with one attached hydrogen (secondary N) is 1. The predicted octanol–water partition coefficient (Wildman–Crippen LogP) is 5.64. The fourth-order valence-corrected chi connectivity index (χ4v) is 4.48. The summed E-state index contributed by atoms with van der Waals surface area (Å²) in [4.78, 5) is 20.4. The van der Waals surface area contributed by atoms with Gasteiger partial charge in [0.15, 0.2) is 5.13 Å². The van der Waals surface area contributed by atoms with E-state index in [1.54, 1.807) is 35.6 Å². The molecule has 144 valence electrons. The number of anilines is 1. The van der Waals surface area contributed by atoms with E-state index in [1.807, 2.05) is 6.92 Å². The molecule has 0 spiro atoms. The fraction of sp³-hybridized carbons (Fsp3) is 0.400. The number of halogens is 2. The number of hydrogen-bond acceptors (Lipinski definition) is 4. The Morgan fingerprint density at radius 1 is 1.37 bits per heavy atom. The number of carbonyl (C=O) groups excluding carboxylic acids is 1. The van der Waals surface area contributed by atoms with Crippen molar-refractivity contribution in [1.82, 2.24) is 9.88 Å². The highest BCUT2D eigenvalue weighted by molar-refractivity contribution is 7.15. The number of aromatic nitrogens is 1. The van der Waals surface area contributed by atoms with Crippen LogP contribution in [0.25, 0.3) is 6.08 Å². The molecular weight excluding hydrogens is 401 g/mol. The summed E-state index contributed by atoms with van der Waals surface area (Å²) in [5, 5.41) is 4.55. The SMILES string of the molecule is Cc1nc(NC(=O)/C=C/c2ccc(Cl)cc2Cl)sc1CN1CCC(C)CC1. The minimum atomic E-state index is -0.229. The molecule has 3 rings (SSSR count). The Balaban J connectivity index is 1.59. The molecular formula is C20H23Cl2N3OS. The number of hydrogen-bond donors (Lipinski definition) is 1. The van der Waals surface area contributed by atoms with Crippen LogP contribution in [0.1, 0.15) is 35.9 Å². The molecule has 7 heteroatoms. The highest BCUT2D eigenvalue weighted by Crippen LogP contribution is 2.26. The van der Waals surface area contributed by atoms with Gasteiger partial charge in [0.25, 0.3) is 0 Å². The van der Waals surface area contributed by atoms with Crippen molar-refractivity contribution in [2.45, 2.75) is 33.2 Å². The first-order valence-electron chi connectivity index (χ1n) is 9.03. The van der Waals surface area contributed by atoms with E-state index in [0.717, 1.165) is 36.8 Å². The zero-order valence-corrected chi connectivity index (χ0v) is 17.8. The number of aryl methyl sites for hydroxylation is 1. The topological polar surface area (TPSA) is 45.2 Å². The highest BCUT2D eigenvalue weighted by atomic mass is 35.5. The summed E-state index contributed by atoms with van der Waals surface area (Å²) in [7, 11) is 0. The van der Waals surface area contributed by atoms with Crippen LogP contribution in [0, 0.1) is 12.8 Å². The number of benzene rings is 1. The van der Waals surface area contributed by atoms with Crippen LogP contribution < -0.4 is 5.32 Å². The Morgan fingerprint density at radius 3 is 2.81 bits per heavy atom. The summed E-state index contributed by atoms with van der Waals surface area (Å²) >= 11 is 13.5. The standard InChI is InChI=1S/C20H23Cl2N3OS/c1-13-7-9-25(10-8-13)12-18-14(2)23-20(27-18)24-19(26)6-4-15-3-5-16(21)11-17(15)22/h3-6,11,13H,7-10,12H2,1-2H3,(H,23,24,26)/b6-4+. The lowest BCUT2D eigenvalue weighted by molar-refractivity contribution is -0.111. The van der Waals surface area contributed by atoms with Gasteiger partial charge in [-0.1, -0.05) is 36.2 Å². The molecule has 1 saturated heterocycles. The van der Waals surface area contributed by atoms with Crippen molar-refractivity contribution in [3.63, 3.8) is 0 Å². The van der Waals surface area contributed by atoms with Crippen LogP contribution in [0.3, 0.4) is 0 Å². The summed E-state index contributed by atoms with van der Waals surface area (Å²) in [6.45, 7) is 7.48. The molecule has 0 bridgehead atoms. The second-order valence-electron chi connectivity index (χ2n) is 6.97. The number of rotatable bonds is 5. The summed E-state index contributed by atoms with van der Waals surface area (Å²) in [6.07, 6.45) is 5.63. The normalized spacial score (nSPS) is 16.1. The van der Waals surface area contributed by atoms with Gasteiger partial charge in [-0.15, -0.1) is 11.3 Å². The van der Waals surface area contributed by atoms with E-state index in [0.29, 0.717) is 15.2 Å². The Kier molecular flexibility index (Phi) is 6.93. The van der Waals surface area contributed by atoms with Gasteiger partial charge < -0.3 is 0 Å². The van der Waals surface area contributed by atoms with Crippen LogP contribution in [0.5, 0.6) is 0 Å². The number of amides is 1. The van der Waals surface area contributed by atoms with E-state index in [2.05, 4.69) is 22.1 Å². The van der Waals surface area contributed by atoms with Crippen LogP contribution in [-0.2, 0) is 11.3 Å². The number of thiazole rings is 1. The molecule has 0 unspecified atom stereocenters. The Morgan fingerprint density at radius 2 is 2.11 bits per heavy atom. The maximum absolute atomic E-state index is 12.2. The maximum Gasteiger partial charge on any atom is 0.250 e. The number of carbonyl (C=O) groups is 1. The summed E-state index contributed by atoms with van der Waals surface area (Å²) in [5.74, 6) is 0.590. The van der Waals surface area contributed by atoms with E-state index in [1.165, 1.54) is 23.8 Å². The monoisotopic (exact) mass is 423 g/mol. The second kappa shape index (κ2) is 9.20. The minimum absolute atomic E-state index is 0.229. The third kappa shape index (κ3) is 5.79. The van der Waals surface area contributed by atoms with Gasteiger partial charge in [0, 0.05) is 27.5 Å². The molecule has 1 fully saturated rings. The molecule has 1 aliphatic heterocycles. The van der Waals surface area contributed by atoms with E-state index in [-0.39, 0.29) is 5.91 Å². The molecule has 2 aromatic rings. The third-order valence-corrected chi connectivity index (χ3v) is 6.36. The zero-order valence-electron chi connectivity index (χ0n) is 15.5. The number of likely N-dealkylation sites (tertiary alicyclic amines) is 1. The Labute approximate surface area is 174 Å². The van der Waals surface area contributed by atoms with Gasteiger partial charge >= 0.3 is 0 Å². The Bertz CT molecular complexity index is 842. The fourth-order valence-electron chi connectivity index (χ4n) is 3.00. The molecule has 27 heavy (non-hydrogen) atoms. The molecule has 0 saturated carbocycles. The lowest BCUT2D eigenvalue weighted by atomic mass is 9.99. The average molecular weight is 424 g/mol. The van der Waals surface area contributed by atoms with Crippen molar-refractivity contribution < 1.29 is 4.79 Å². The first-order valence-corrected chi connectivity index (χ1v) is 10.6. The van der Waals surface area contributed by atoms with E-state index >= 15 is 0 Å². The van der Waals surface area contributed by atoms with Crippen LogP contribution >= 0.6 is 34.5 Å². The van der Waals surface area contributed by atoms with Crippen LogP contribution in [0.15, 0.2) is 24.3 Å². The largest absolute Gasteiger partial charge is 0.298 e. The molecule has 2 heterocycles. The minimum Gasteiger partial charge on any atom is -0.298 e. The van der Waals surface area contributed by atoms with Gasteiger partial charge in [-0.25, -0.2) is 4.98 Å². The second-order valence-corrected chi connectivity index (χ2v) is 8.90. The first-order chi connectivity index (χ1) is 12.9. The smallest absolute Gasteiger partial charge is 0.250 e. The van der Waals surface area contributed by atoms with Crippen LogP contribution in [-0.4, -0.2) is 28.9 Å². The Hall–Kier alpha value is -1.40. The molecule has 0 aliphatic carbocycles. The van der Waals surface area contributed by atoms with Crippen LogP contribution in [0.2, 0.25) is 10.0 Å². The lowest BCUT2D eigenvalue weighted by Crippen LogP contribution is -2.32. The van der Waals surface area contributed by atoms with Gasteiger partial charge in [-0.05, 0) is 62.5 Å². The van der Waals surface area contributed by atoms with E-state index in [9.17, 15) is 4.79 Å². The highest BCUT2D eigenvalue weighted by Gasteiger charge is 2.18. The van der Waals surface area contributed by atoms with Gasteiger partial charge in [0.2, 0.25) is 5.91 Å².